The SMILES string of the molecule is CN1CCC(CNC(=O)c2cccc(C(N)=NO)c2)CC1. The topological polar surface area (TPSA) is 91.0 Å². The fraction of sp³-hybridized carbons (Fsp3) is 0.467. The number of nitrogens with two attached hydrogens (primary N) is 1. The largest absolute Gasteiger partial charge is 0.409 e. The zero-order chi connectivity index (χ0) is 15.2. The van der Waals surface area contributed by atoms with Gasteiger partial charge in [0.1, 0.15) is 0 Å². The molecule has 1 fully saturated rings. The third kappa shape index (κ3) is 4.19. The Kier molecular flexibility index (Phi) is 5.16. The normalized spacial score (nSPS) is 17.7. The zero-order valence-electron chi connectivity index (χ0n) is 12.2. The third-order valence-corrected chi connectivity index (χ3v) is 3.92. The van der Waals surface area contributed by atoms with E-state index in [-0.39, 0.29) is 11.7 Å². The maximum Gasteiger partial charge on any atom is 0.251 e. The van der Waals surface area contributed by atoms with Crippen LogP contribution in [0.25, 0.3) is 0 Å². The van der Waals surface area contributed by atoms with E-state index < -0.39 is 0 Å². The number of nitrogens with one attached hydrogen (secondary N) is 1. The Hall–Kier alpha value is -2.08. The molecule has 1 aromatic rings. The van der Waals surface area contributed by atoms with Gasteiger partial charge in [-0.25, -0.2) is 0 Å². The molecule has 6 heteroatoms. The number of oxime groups is 1. The van der Waals surface area contributed by atoms with Gasteiger partial charge in [-0.1, -0.05) is 17.3 Å². The van der Waals surface area contributed by atoms with Crippen molar-refractivity contribution in [2.24, 2.45) is 16.8 Å². The number of likely N-dealkylation sites (tertiary alicyclic amines) is 1. The van der Waals surface area contributed by atoms with Gasteiger partial charge in [-0.2, -0.15) is 0 Å². The molecule has 114 valence electrons. The minimum Gasteiger partial charge on any atom is -0.409 e. The lowest BCUT2D eigenvalue weighted by Crippen LogP contribution is -2.36. The summed E-state index contributed by atoms with van der Waals surface area (Å²) in [6.45, 7) is 2.86. The molecule has 0 bridgehead atoms. The zero-order valence-corrected chi connectivity index (χ0v) is 12.2. The molecule has 1 saturated heterocycles. The Morgan fingerprint density at radius 2 is 2.10 bits per heavy atom. The summed E-state index contributed by atoms with van der Waals surface area (Å²) in [5, 5.41) is 14.6. The van der Waals surface area contributed by atoms with Gasteiger partial charge in [-0.15, -0.1) is 0 Å². The number of amidine groups is 1. The van der Waals surface area contributed by atoms with E-state index in [1.54, 1.807) is 24.3 Å². The molecule has 0 unspecified atom stereocenters. The van der Waals surface area contributed by atoms with Gasteiger partial charge in [0.05, 0.1) is 0 Å². The molecule has 0 aromatic heterocycles. The van der Waals surface area contributed by atoms with Gasteiger partial charge in [0.25, 0.3) is 5.91 Å². The molecule has 1 aromatic carbocycles. The first-order valence-electron chi connectivity index (χ1n) is 7.15. The first kappa shape index (κ1) is 15.3. The molecule has 1 heterocycles. The van der Waals surface area contributed by atoms with Crippen molar-refractivity contribution in [1.29, 1.82) is 0 Å². The first-order chi connectivity index (χ1) is 10.1. The summed E-state index contributed by atoms with van der Waals surface area (Å²) in [5.74, 6) is 0.416. The quantitative estimate of drug-likeness (QED) is 0.332. The molecule has 0 saturated carbocycles. The van der Waals surface area contributed by atoms with Crippen LogP contribution in [-0.4, -0.2) is 48.5 Å². The average molecular weight is 290 g/mol. The molecule has 1 aliphatic rings. The second-order valence-corrected chi connectivity index (χ2v) is 5.52. The fourth-order valence-electron chi connectivity index (χ4n) is 2.48. The van der Waals surface area contributed by atoms with Crippen LogP contribution in [0.2, 0.25) is 0 Å². The van der Waals surface area contributed by atoms with Crippen molar-refractivity contribution in [1.82, 2.24) is 10.2 Å². The Bertz CT molecular complexity index is 522. The number of benzene rings is 1. The summed E-state index contributed by atoms with van der Waals surface area (Å²) in [6.07, 6.45) is 2.22. The highest BCUT2D eigenvalue weighted by Crippen LogP contribution is 2.15. The molecule has 0 atom stereocenters. The minimum absolute atomic E-state index is 0.0000299. The summed E-state index contributed by atoms with van der Waals surface area (Å²) in [7, 11) is 2.12. The van der Waals surface area contributed by atoms with Crippen LogP contribution in [0.4, 0.5) is 0 Å². The molecule has 4 N–H and O–H groups in total. The standard InChI is InChI=1S/C15H22N4O2/c1-19-7-5-11(6-8-19)10-17-15(20)13-4-2-3-12(9-13)14(16)18-21/h2-4,9,11,21H,5-8,10H2,1H3,(H2,16,18)(H,17,20). The van der Waals surface area contributed by atoms with Crippen LogP contribution in [-0.2, 0) is 0 Å². The number of amides is 1. The van der Waals surface area contributed by atoms with Crippen molar-refractivity contribution in [3.63, 3.8) is 0 Å². The highest BCUT2D eigenvalue weighted by molar-refractivity contribution is 6.01. The first-order valence-corrected chi connectivity index (χ1v) is 7.15. The number of carbonyl (C=O) groups excluding carboxylic acids is 1. The monoisotopic (exact) mass is 290 g/mol. The van der Waals surface area contributed by atoms with Crippen LogP contribution in [0.1, 0.15) is 28.8 Å². The average Bonchev–Trinajstić information content (AvgIpc) is 2.53. The van der Waals surface area contributed by atoms with E-state index in [0.717, 1.165) is 25.9 Å². The number of nitrogens with zero attached hydrogens (tertiary/aromatic N) is 2. The number of carbonyl (C=O) groups is 1. The smallest absolute Gasteiger partial charge is 0.251 e. The van der Waals surface area contributed by atoms with Gasteiger partial charge in [0.2, 0.25) is 0 Å². The molecule has 6 nitrogen and oxygen atoms in total. The van der Waals surface area contributed by atoms with Gasteiger partial charge < -0.3 is 21.2 Å². The molecular formula is C15H22N4O2. The van der Waals surface area contributed by atoms with Crippen LogP contribution in [0.15, 0.2) is 29.4 Å². The van der Waals surface area contributed by atoms with E-state index >= 15 is 0 Å². The predicted molar refractivity (Wildman–Crippen MR) is 81.5 cm³/mol. The van der Waals surface area contributed by atoms with Crippen LogP contribution < -0.4 is 11.1 Å². The van der Waals surface area contributed by atoms with Crippen LogP contribution >= 0.6 is 0 Å². The minimum atomic E-state index is -0.124. The van der Waals surface area contributed by atoms with E-state index in [2.05, 4.69) is 22.4 Å². The van der Waals surface area contributed by atoms with Crippen molar-refractivity contribution in [3.8, 4) is 0 Å². The molecular weight excluding hydrogens is 268 g/mol. The van der Waals surface area contributed by atoms with E-state index in [0.29, 0.717) is 23.6 Å². The number of hydrogen-bond acceptors (Lipinski definition) is 4. The highest BCUT2D eigenvalue weighted by Gasteiger charge is 2.17. The second-order valence-electron chi connectivity index (χ2n) is 5.52. The van der Waals surface area contributed by atoms with Gasteiger partial charge in [-0.05, 0) is 51.0 Å². The van der Waals surface area contributed by atoms with Gasteiger partial charge in [-0.3, -0.25) is 4.79 Å². The van der Waals surface area contributed by atoms with Crippen molar-refractivity contribution in [2.45, 2.75) is 12.8 Å². The van der Waals surface area contributed by atoms with E-state index in [1.807, 2.05) is 0 Å². The lowest BCUT2D eigenvalue weighted by atomic mass is 9.97. The molecule has 21 heavy (non-hydrogen) atoms. The van der Waals surface area contributed by atoms with Gasteiger partial charge >= 0.3 is 0 Å². The summed E-state index contributed by atoms with van der Waals surface area (Å²) in [6, 6.07) is 6.76. The molecule has 0 spiro atoms. The Labute approximate surface area is 124 Å². The van der Waals surface area contributed by atoms with Gasteiger partial charge in [0.15, 0.2) is 5.84 Å². The van der Waals surface area contributed by atoms with E-state index in [4.69, 9.17) is 10.9 Å². The Morgan fingerprint density at radius 3 is 2.76 bits per heavy atom. The molecule has 2 rings (SSSR count). The summed E-state index contributed by atoms with van der Waals surface area (Å²) >= 11 is 0. The molecule has 0 aliphatic carbocycles. The molecule has 1 amide bonds. The lowest BCUT2D eigenvalue weighted by Gasteiger charge is -2.28. The fourth-order valence-corrected chi connectivity index (χ4v) is 2.48. The lowest BCUT2D eigenvalue weighted by molar-refractivity contribution is 0.0939. The summed E-state index contributed by atoms with van der Waals surface area (Å²) < 4.78 is 0. The van der Waals surface area contributed by atoms with Crippen LogP contribution in [0, 0.1) is 5.92 Å². The Balaban J connectivity index is 1.91. The van der Waals surface area contributed by atoms with Crippen molar-refractivity contribution < 1.29 is 10.0 Å². The van der Waals surface area contributed by atoms with Crippen molar-refractivity contribution in [2.75, 3.05) is 26.7 Å². The molecule has 0 radical (unpaired) electrons. The number of hydrogen-bond donors (Lipinski definition) is 3. The van der Waals surface area contributed by atoms with Crippen LogP contribution in [0.3, 0.4) is 0 Å². The van der Waals surface area contributed by atoms with Gasteiger partial charge in [0, 0.05) is 17.7 Å². The van der Waals surface area contributed by atoms with Crippen molar-refractivity contribution in [3.05, 3.63) is 35.4 Å². The van der Waals surface area contributed by atoms with E-state index in [9.17, 15) is 4.79 Å². The highest BCUT2D eigenvalue weighted by atomic mass is 16.4. The van der Waals surface area contributed by atoms with Crippen molar-refractivity contribution >= 4 is 11.7 Å². The number of rotatable bonds is 4. The number of piperidine rings is 1. The Morgan fingerprint density at radius 1 is 1.43 bits per heavy atom. The maximum absolute atomic E-state index is 12.2. The predicted octanol–water partition coefficient (Wildman–Crippen LogP) is 0.853. The van der Waals surface area contributed by atoms with E-state index in [1.165, 1.54) is 0 Å². The second kappa shape index (κ2) is 7.08. The summed E-state index contributed by atoms with van der Waals surface area (Å²) in [4.78, 5) is 14.5. The maximum atomic E-state index is 12.2. The summed E-state index contributed by atoms with van der Waals surface area (Å²) in [5.41, 5.74) is 6.58. The third-order valence-electron chi connectivity index (χ3n) is 3.92. The molecule has 1 aliphatic heterocycles. The van der Waals surface area contributed by atoms with Crippen LogP contribution in [0.5, 0.6) is 0 Å².